The van der Waals surface area contributed by atoms with Crippen molar-refractivity contribution in [3.63, 3.8) is 0 Å². The van der Waals surface area contributed by atoms with Crippen LogP contribution in [-0.2, 0) is 16.1 Å². The van der Waals surface area contributed by atoms with E-state index >= 15 is 0 Å². The van der Waals surface area contributed by atoms with E-state index in [0.717, 1.165) is 11.6 Å². The Morgan fingerprint density at radius 3 is 2.59 bits per heavy atom. The second-order valence-corrected chi connectivity index (χ2v) is 8.11. The maximum atomic E-state index is 13.5. The first-order valence-electron chi connectivity index (χ1n) is 9.54. The van der Waals surface area contributed by atoms with Crippen LogP contribution >= 0.6 is 11.6 Å². The highest BCUT2D eigenvalue weighted by Crippen LogP contribution is 2.35. The number of likely N-dealkylation sites (tertiary alicyclic amines) is 1. The number of hydrogen-bond donors (Lipinski definition) is 2. The van der Waals surface area contributed by atoms with E-state index in [9.17, 15) is 19.1 Å². The molecule has 0 aromatic heterocycles. The van der Waals surface area contributed by atoms with Gasteiger partial charge in [-0.25, -0.2) is 4.39 Å². The summed E-state index contributed by atoms with van der Waals surface area (Å²) in [5.41, 5.74) is -0.743. The summed E-state index contributed by atoms with van der Waals surface area (Å²) in [7, 11) is 0. The smallest absolute Gasteiger partial charge is 0.265 e. The van der Waals surface area contributed by atoms with Gasteiger partial charge in [-0.1, -0.05) is 55.8 Å². The lowest BCUT2D eigenvalue weighted by Crippen LogP contribution is -2.52. The number of benzene rings is 2. The van der Waals surface area contributed by atoms with Crippen molar-refractivity contribution in [2.75, 3.05) is 6.54 Å². The van der Waals surface area contributed by atoms with Crippen LogP contribution in [0.25, 0.3) is 0 Å². The summed E-state index contributed by atoms with van der Waals surface area (Å²) < 4.78 is 13.5. The molecule has 1 heterocycles. The number of rotatable bonds is 6. The van der Waals surface area contributed by atoms with Gasteiger partial charge in [0.15, 0.2) is 0 Å². The highest BCUT2D eigenvalue weighted by molar-refractivity contribution is 6.30. The summed E-state index contributed by atoms with van der Waals surface area (Å²) in [5, 5.41) is 13.6. The maximum Gasteiger partial charge on any atom is 0.265 e. The molecule has 0 radical (unpaired) electrons. The van der Waals surface area contributed by atoms with Crippen LogP contribution in [0.4, 0.5) is 4.39 Å². The van der Waals surface area contributed by atoms with Gasteiger partial charge in [0.1, 0.15) is 5.82 Å². The third kappa shape index (κ3) is 4.43. The first kappa shape index (κ1) is 21.3. The van der Waals surface area contributed by atoms with E-state index in [4.69, 9.17) is 11.6 Å². The van der Waals surface area contributed by atoms with Gasteiger partial charge in [-0.15, -0.1) is 0 Å². The summed E-state index contributed by atoms with van der Waals surface area (Å²) in [4.78, 5) is 27.3. The fourth-order valence-corrected chi connectivity index (χ4v) is 4.07. The highest BCUT2D eigenvalue weighted by atomic mass is 35.5. The number of hydrogen-bond acceptors (Lipinski definition) is 3. The molecule has 1 saturated heterocycles. The number of nitrogens with zero attached hydrogens (tertiary/aromatic N) is 1. The Morgan fingerprint density at radius 1 is 1.28 bits per heavy atom. The molecular weight excluding hydrogens is 395 g/mol. The molecule has 0 aliphatic carbocycles. The molecule has 1 aliphatic heterocycles. The Bertz CT molecular complexity index is 886. The molecule has 3 rings (SSSR count). The van der Waals surface area contributed by atoms with Crippen LogP contribution in [0.2, 0.25) is 5.02 Å². The Morgan fingerprint density at radius 2 is 1.97 bits per heavy atom. The quantitative estimate of drug-likeness (QED) is 0.706. The zero-order valence-corrected chi connectivity index (χ0v) is 17.1. The van der Waals surface area contributed by atoms with Crippen LogP contribution in [0.5, 0.6) is 0 Å². The molecular formula is C22H24ClFN2O3. The average Bonchev–Trinajstić information content (AvgIpc) is 2.96. The fourth-order valence-electron chi connectivity index (χ4n) is 3.82. The summed E-state index contributed by atoms with van der Waals surface area (Å²) in [6.07, 6.45) is -0.00235. The second-order valence-electron chi connectivity index (χ2n) is 7.67. The van der Waals surface area contributed by atoms with Crippen molar-refractivity contribution in [3.05, 3.63) is 70.5 Å². The number of carbonyl (C=O) groups excluding carboxylic acids is 2. The van der Waals surface area contributed by atoms with E-state index in [-0.39, 0.29) is 36.5 Å². The number of aliphatic hydroxyl groups is 1. The molecule has 0 bridgehead atoms. The molecule has 1 aliphatic rings. The van der Waals surface area contributed by atoms with Gasteiger partial charge < -0.3 is 15.3 Å². The summed E-state index contributed by atoms with van der Waals surface area (Å²) in [6.45, 7) is 4.22. The summed E-state index contributed by atoms with van der Waals surface area (Å²) in [6, 6.07) is 13.2. The van der Waals surface area contributed by atoms with Crippen LogP contribution in [-0.4, -0.2) is 34.0 Å². The van der Waals surface area contributed by atoms with Crippen molar-refractivity contribution in [1.29, 1.82) is 0 Å². The van der Waals surface area contributed by atoms with Crippen molar-refractivity contribution in [2.45, 2.75) is 38.5 Å². The number of nitrogens with one attached hydrogen (secondary N) is 1. The zero-order chi connectivity index (χ0) is 21.2. The number of halogens is 2. The van der Waals surface area contributed by atoms with Gasteiger partial charge in [0, 0.05) is 24.5 Å². The SMILES string of the molecule is CC(C)C(c1ccccc1)N1CC[C@@](O)(C(=O)NCc2cc(F)cc(Cl)c2)C1=O. The number of amides is 2. The van der Waals surface area contributed by atoms with E-state index in [2.05, 4.69) is 5.32 Å². The van der Waals surface area contributed by atoms with Gasteiger partial charge in [0.05, 0.1) is 6.04 Å². The second kappa shape index (κ2) is 8.51. The predicted octanol–water partition coefficient (Wildman–Crippen LogP) is 3.46. The third-order valence-corrected chi connectivity index (χ3v) is 5.41. The highest BCUT2D eigenvalue weighted by Gasteiger charge is 2.53. The minimum atomic E-state index is -2.14. The molecule has 0 saturated carbocycles. The van der Waals surface area contributed by atoms with E-state index in [1.807, 2.05) is 44.2 Å². The van der Waals surface area contributed by atoms with Crippen molar-refractivity contribution in [3.8, 4) is 0 Å². The molecule has 2 amide bonds. The Labute approximate surface area is 174 Å². The largest absolute Gasteiger partial charge is 0.372 e. The van der Waals surface area contributed by atoms with Gasteiger partial charge in [0.25, 0.3) is 11.8 Å². The monoisotopic (exact) mass is 418 g/mol. The minimum absolute atomic E-state index is 0.00235. The third-order valence-electron chi connectivity index (χ3n) is 5.19. The first-order valence-corrected chi connectivity index (χ1v) is 9.92. The molecule has 29 heavy (non-hydrogen) atoms. The van der Waals surface area contributed by atoms with E-state index in [1.165, 1.54) is 12.1 Å². The molecule has 2 N–H and O–H groups in total. The van der Waals surface area contributed by atoms with E-state index < -0.39 is 23.2 Å². The molecule has 2 aromatic carbocycles. The average molecular weight is 419 g/mol. The minimum Gasteiger partial charge on any atom is -0.372 e. The zero-order valence-electron chi connectivity index (χ0n) is 16.4. The molecule has 1 fully saturated rings. The van der Waals surface area contributed by atoms with Crippen molar-refractivity contribution >= 4 is 23.4 Å². The van der Waals surface area contributed by atoms with E-state index in [1.54, 1.807) is 4.90 Å². The van der Waals surface area contributed by atoms with Gasteiger partial charge in [-0.3, -0.25) is 9.59 Å². The van der Waals surface area contributed by atoms with Crippen LogP contribution in [0.1, 0.15) is 37.4 Å². The Hall–Kier alpha value is -2.44. The van der Waals surface area contributed by atoms with Crippen LogP contribution < -0.4 is 5.32 Å². The van der Waals surface area contributed by atoms with Crippen molar-refractivity contribution in [2.24, 2.45) is 5.92 Å². The van der Waals surface area contributed by atoms with E-state index in [0.29, 0.717) is 5.56 Å². The van der Waals surface area contributed by atoms with Gasteiger partial charge in [0.2, 0.25) is 5.60 Å². The normalized spacial score (nSPS) is 20.2. The molecule has 2 aromatic rings. The molecule has 0 spiro atoms. The fraction of sp³-hybridized carbons (Fsp3) is 0.364. The van der Waals surface area contributed by atoms with Crippen molar-refractivity contribution < 1.29 is 19.1 Å². The first-order chi connectivity index (χ1) is 13.7. The van der Waals surface area contributed by atoms with Gasteiger partial charge in [-0.05, 0) is 35.2 Å². The van der Waals surface area contributed by atoms with Gasteiger partial charge >= 0.3 is 0 Å². The van der Waals surface area contributed by atoms with Crippen LogP contribution in [0.15, 0.2) is 48.5 Å². The van der Waals surface area contributed by atoms with Crippen LogP contribution in [0.3, 0.4) is 0 Å². The molecule has 2 atom stereocenters. The number of carbonyl (C=O) groups is 2. The molecule has 154 valence electrons. The lowest BCUT2D eigenvalue weighted by atomic mass is 9.94. The maximum absolute atomic E-state index is 13.5. The Balaban J connectivity index is 1.75. The lowest BCUT2D eigenvalue weighted by Gasteiger charge is -2.32. The topological polar surface area (TPSA) is 69.6 Å². The molecule has 5 nitrogen and oxygen atoms in total. The summed E-state index contributed by atoms with van der Waals surface area (Å²) in [5.74, 6) is -1.83. The van der Waals surface area contributed by atoms with Crippen LogP contribution in [0, 0.1) is 11.7 Å². The Kier molecular flexibility index (Phi) is 6.24. The lowest BCUT2D eigenvalue weighted by molar-refractivity contribution is -0.156. The predicted molar refractivity (Wildman–Crippen MR) is 109 cm³/mol. The van der Waals surface area contributed by atoms with Gasteiger partial charge in [-0.2, -0.15) is 0 Å². The molecule has 7 heteroatoms. The van der Waals surface area contributed by atoms with Crippen molar-refractivity contribution in [1.82, 2.24) is 10.2 Å². The molecule has 1 unspecified atom stereocenters. The summed E-state index contributed by atoms with van der Waals surface area (Å²) >= 11 is 5.82. The standard InChI is InChI=1S/C22H24ClFN2O3/c1-14(2)19(16-6-4-3-5-7-16)26-9-8-22(29,21(26)28)20(27)25-13-15-10-17(23)12-18(24)11-15/h3-7,10-12,14,19,29H,8-9,13H2,1-2H3,(H,25,27)/t19?,22-/m1/s1.